The molecular weight excluding hydrogens is 547 g/mol. The summed E-state index contributed by atoms with van der Waals surface area (Å²) in [7, 11) is -0.271. The predicted molar refractivity (Wildman–Crippen MR) is 167 cm³/mol. The first-order chi connectivity index (χ1) is 19.9. The zero-order valence-corrected chi connectivity index (χ0v) is 27.7. The molecule has 0 aromatic heterocycles. The Morgan fingerprint density at radius 1 is 1.02 bits per heavy atom. The van der Waals surface area contributed by atoms with Crippen LogP contribution in [0.3, 0.4) is 0 Å². The van der Waals surface area contributed by atoms with Gasteiger partial charge in [-0.1, -0.05) is 57.0 Å². The highest BCUT2D eigenvalue weighted by atomic mass is 16.7. The Morgan fingerprint density at radius 3 is 2.23 bits per heavy atom. The molecule has 1 aromatic rings. The summed E-state index contributed by atoms with van der Waals surface area (Å²) in [4.78, 5) is 39.4. The number of benzene rings is 1. The molecule has 3 rings (SSSR count). The van der Waals surface area contributed by atoms with Crippen molar-refractivity contribution in [1.82, 2.24) is 10.6 Å². The molecule has 0 unspecified atom stereocenters. The largest absolute Gasteiger partial charge is 0.460 e. The van der Waals surface area contributed by atoms with Crippen molar-refractivity contribution in [3.8, 4) is 0 Å². The molecule has 1 aliphatic heterocycles. The molecule has 240 valence electrons. The number of nitrogens with one attached hydrogen (secondary N) is 2. The highest BCUT2D eigenvalue weighted by molar-refractivity contribution is 6.45. The molecule has 9 nitrogen and oxygen atoms in total. The van der Waals surface area contributed by atoms with Crippen LogP contribution in [0.4, 0.5) is 4.79 Å². The Morgan fingerprint density at radius 2 is 1.65 bits per heavy atom. The van der Waals surface area contributed by atoms with Gasteiger partial charge in [0.15, 0.2) is 0 Å². The average Bonchev–Trinajstić information content (AvgIpc) is 3.39. The van der Waals surface area contributed by atoms with E-state index in [2.05, 4.69) is 10.6 Å². The minimum absolute atomic E-state index is 0.149. The summed E-state index contributed by atoms with van der Waals surface area (Å²) in [6.45, 7) is 17.5. The van der Waals surface area contributed by atoms with Gasteiger partial charge in [-0.15, -0.1) is 0 Å². The topological polar surface area (TPSA) is 112 Å². The molecule has 2 aliphatic rings. The first kappa shape index (κ1) is 34.9. The van der Waals surface area contributed by atoms with Gasteiger partial charge in [-0.25, -0.2) is 4.79 Å². The van der Waals surface area contributed by atoms with E-state index in [-0.39, 0.29) is 48.8 Å². The predicted octanol–water partition coefficient (Wildman–Crippen LogP) is 6.20. The SMILES string of the molecule is CC(C)[C@@H](NC(=O)OC(C)(C)C)C(=O)N[C@H]1CC[C@@](CCCCB2OC(C)(C)C(C)(C)O2)(C(=O)OCc2ccccc2)C1. The third-order valence-corrected chi connectivity index (χ3v) is 8.87. The second kappa shape index (κ2) is 14.0. The van der Waals surface area contributed by atoms with Gasteiger partial charge in [0, 0.05) is 6.04 Å². The van der Waals surface area contributed by atoms with Crippen LogP contribution in [-0.4, -0.2) is 54.0 Å². The summed E-state index contributed by atoms with van der Waals surface area (Å²) in [6, 6.07) is 8.69. The van der Waals surface area contributed by atoms with Crippen molar-refractivity contribution >= 4 is 25.1 Å². The van der Waals surface area contributed by atoms with E-state index in [1.54, 1.807) is 20.8 Å². The maximum absolute atomic E-state index is 13.7. The molecule has 1 aromatic carbocycles. The van der Waals surface area contributed by atoms with Crippen molar-refractivity contribution in [3.05, 3.63) is 35.9 Å². The minimum atomic E-state index is -0.755. The zero-order chi connectivity index (χ0) is 32.1. The van der Waals surface area contributed by atoms with E-state index in [1.165, 1.54) is 0 Å². The monoisotopic (exact) mass is 600 g/mol. The first-order valence-corrected chi connectivity index (χ1v) is 15.8. The first-order valence-electron chi connectivity index (χ1n) is 15.8. The Hall–Kier alpha value is -2.59. The van der Waals surface area contributed by atoms with Gasteiger partial charge in [0.2, 0.25) is 5.91 Å². The van der Waals surface area contributed by atoms with Gasteiger partial charge in [-0.2, -0.15) is 0 Å². The average molecular weight is 601 g/mol. The standard InChI is InChI=1S/C33H53BN2O7/c1-23(2)26(36-29(39)41-30(3,4)5)27(37)35-25-17-19-33(21-25,28(38)40-22-24-15-11-10-12-16-24)18-13-14-20-34-42-31(6,7)32(8,9)43-34/h10-12,15-16,23,25-26H,13-14,17-22H2,1-9H3,(H,35,37)(H,36,39)/t25-,26+,33+/m0/s1. The van der Waals surface area contributed by atoms with Gasteiger partial charge < -0.3 is 29.4 Å². The Balaban J connectivity index is 1.63. The number of hydrogen-bond donors (Lipinski definition) is 2. The van der Waals surface area contributed by atoms with Crippen LogP contribution in [0.25, 0.3) is 0 Å². The van der Waals surface area contributed by atoms with Crippen molar-refractivity contribution in [2.45, 2.75) is 143 Å². The van der Waals surface area contributed by atoms with Crippen LogP contribution in [0.15, 0.2) is 30.3 Å². The fourth-order valence-electron chi connectivity index (χ4n) is 5.76. The lowest BCUT2D eigenvalue weighted by Crippen LogP contribution is -2.52. The summed E-state index contributed by atoms with van der Waals surface area (Å²) in [5.41, 5.74) is -1.18. The molecule has 1 saturated carbocycles. The summed E-state index contributed by atoms with van der Waals surface area (Å²) in [5, 5.41) is 5.83. The van der Waals surface area contributed by atoms with Crippen LogP contribution in [-0.2, 0) is 35.0 Å². The number of esters is 1. The molecule has 3 atom stereocenters. The molecule has 1 saturated heterocycles. The fourth-order valence-corrected chi connectivity index (χ4v) is 5.76. The van der Waals surface area contributed by atoms with Crippen LogP contribution in [0.2, 0.25) is 6.32 Å². The summed E-state index contributed by atoms with van der Waals surface area (Å²) >= 11 is 0. The summed E-state index contributed by atoms with van der Waals surface area (Å²) in [6.07, 6.45) is 4.17. The third-order valence-electron chi connectivity index (χ3n) is 8.87. The Kier molecular flexibility index (Phi) is 11.4. The van der Waals surface area contributed by atoms with Crippen LogP contribution in [0.1, 0.15) is 106 Å². The molecule has 0 spiro atoms. The zero-order valence-electron chi connectivity index (χ0n) is 27.7. The van der Waals surface area contributed by atoms with E-state index in [4.69, 9.17) is 18.8 Å². The quantitative estimate of drug-likeness (QED) is 0.167. The molecule has 0 bridgehead atoms. The van der Waals surface area contributed by atoms with Crippen molar-refractivity contribution < 1.29 is 33.2 Å². The molecule has 10 heteroatoms. The van der Waals surface area contributed by atoms with Crippen LogP contribution in [0, 0.1) is 11.3 Å². The van der Waals surface area contributed by atoms with E-state index in [9.17, 15) is 14.4 Å². The smallest absolute Gasteiger partial charge is 0.457 e. The van der Waals surface area contributed by atoms with Gasteiger partial charge in [0.1, 0.15) is 18.2 Å². The van der Waals surface area contributed by atoms with E-state index in [0.717, 1.165) is 24.7 Å². The molecule has 0 radical (unpaired) electrons. The highest BCUT2D eigenvalue weighted by Crippen LogP contribution is 2.45. The normalized spacial score (nSPS) is 23.6. The Bertz CT molecular complexity index is 1090. The van der Waals surface area contributed by atoms with Gasteiger partial charge in [0.05, 0.1) is 16.6 Å². The van der Waals surface area contributed by atoms with Crippen LogP contribution in [0.5, 0.6) is 0 Å². The van der Waals surface area contributed by atoms with Crippen molar-refractivity contribution in [2.75, 3.05) is 0 Å². The number of carbonyl (C=O) groups is 3. The molecule has 43 heavy (non-hydrogen) atoms. The number of ether oxygens (including phenoxy) is 2. The van der Waals surface area contributed by atoms with Crippen molar-refractivity contribution in [3.63, 3.8) is 0 Å². The van der Waals surface area contributed by atoms with Gasteiger partial charge in [-0.05, 0) is 92.0 Å². The highest BCUT2D eigenvalue weighted by Gasteiger charge is 2.51. The molecule has 1 aliphatic carbocycles. The van der Waals surface area contributed by atoms with Crippen molar-refractivity contribution in [2.24, 2.45) is 11.3 Å². The number of amides is 2. The van der Waals surface area contributed by atoms with Crippen LogP contribution >= 0.6 is 0 Å². The molecular formula is C33H53BN2O7. The maximum Gasteiger partial charge on any atom is 0.457 e. The number of hydrogen-bond acceptors (Lipinski definition) is 7. The van der Waals surface area contributed by atoms with E-state index in [1.807, 2.05) is 71.9 Å². The molecule has 1 heterocycles. The molecule has 2 N–H and O–H groups in total. The van der Waals surface area contributed by atoms with Crippen molar-refractivity contribution in [1.29, 1.82) is 0 Å². The summed E-state index contributed by atoms with van der Waals surface area (Å²) < 4.78 is 23.5. The lowest BCUT2D eigenvalue weighted by Gasteiger charge is -2.32. The second-order valence-electron chi connectivity index (χ2n) is 14.6. The van der Waals surface area contributed by atoms with E-state index in [0.29, 0.717) is 25.7 Å². The number of unbranched alkanes of at least 4 members (excludes halogenated alkanes) is 1. The maximum atomic E-state index is 13.7. The third kappa shape index (κ3) is 9.70. The van der Waals surface area contributed by atoms with E-state index < -0.39 is 23.2 Å². The lowest BCUT2D eigenvalue weighted by atomic mass is 9.77. The molecule has 2 amide bonds. The van der Waals surface area contributed by atoms with Gasteiger partial charge in [-0.3, -0.25) is 9.59 Å². The van der Waals surface area contributed by atoms with Gasteiger partial charge in [0.25, 0.3) is 0 Å². The number of rotatable bonds is 12. The lowest BCUT2D eigenvalue weighted by molar-refractivity contribution is -0.158. The molecule has 2 fully saturated rings. The van der Waals surface area contributed by atoms with E-state index >= 15 is 0 Å². The fraction of sp³-hybridized carbons (Fsp3) is 0.727. The summed E-state index contributed by atoms with van der Waals surface area (Å²) in [5.74, 6) is -0.652. The van der Waals surface area contributed by atoms with Gasteiger partial charge >= 0.3 is 19.2 Å². The Labute approximate surface area is 258 Å². The minimum Gasteiger partial charge on any atom is -0.460 e. The van der Waals surface area contributed by atoms with Crippen LogP contribution < -0.4 is 10.6 Å². The number of carbonyl (C=O) groups excluding carboxylic acids is 3. The number of alkyl carbamates (subject to hydrolysis) is 1. The second-order valence-corrected chi connectivity index (χ2v) is 14.6.